The zero-order chi connectivity index (χ0) is 11.4. The molecule has 0 N–H and O–H groups in total. The minimum Gasteiger partial charge on any atom is -0.167 e. The zero-order valence-corrected chi connectivity index (χ0v) is 9.98. The number of hydrogen-bond donors (Lipinski definition) is 0. The Balaban J connectivity index is 2.48. The molecule has 16 heavy (non-hydrogen) atoms. The van der Waals surface area contributed by atoms with Crippen molar-refractivity contribution in [3.8, 4) is 5.69 Å². The second kappa shape index (κ2) is 4.93. The van der Waals surface area contributed by atoms with E-state index in [1.165, 1.54) is 16.8 Å². The summed E-state index contributed by atoms with van der Waals surface area (Å²) in [7, 11) is 0. The number of aromatic nitrogens is 1. The fourth-order valence-corrected chi connectivity index (χ4v) is 1.84. The molecule has 82 valence electrons. The third kappa shape index (κ3) is 2.30. The van der Waals surface area contributed by atoms with E-state index < -0.39 is 0 Å². The van der Waals surface area contributed by atoms with Crippen LogP contribution in [-0.4, -0.2) is 0 Å². The molecule has 1 heterocycles. The Bertz CT molecular complexity index is 438. The second-order valence-corrected chi connectivity index (χ2v) is 4.00. The summed E-state index contributed by atoms with van der Waals surface area (Å²) in [5, 5.41) is 0. The lowest BCUT2D eigenvalue weighted by Crippen LogP contribution is -2.31. The average molecular weight is 212 g/mol. The van der Waals surface area contributed by atoms with Gasteiger partial charge in [0, 0.05) is 23.3 Å². The van der Waals surface area contributed by atoms with Gasteiger partial charge in [-0.05, 0) is 18.9 Å². The van der Waals surface area contributed by atoms with Crippen LogP contribution >= 0.6 is 0 Å². The minimum atomic E-state index is 1.08. The molecular formula is C15H18N+. The predicted molar refractivity (Wildman–Crippen MR) is 66.7 cm³/mol. The Morgan fingerprint density at radius 1 is 0.875 bits per heavy atom. The minimum absolute atomic E-state index is 1.08. The number of benzene rings is 1. The maximum atomic E-state index is 2.29. The largest absolute Gasteiger partial charge is 0.210 e. The van der Waals surface area contributed by atoms with E-state index >= 15 is 0 Å². The monoisotopic (exact) mass is 212 g/mol. The smallest absolute Gasteiger partial charge is 0.167 e. The molecule has 0 fully saturated rings. The number of para-hydroxylation sites is 1. The van der Waals surface area contributed by atoms with Gasteiger partial charge >= 0.3 is 0 Å². The molecule has 0 saturated heterocycles. The second-order valence-electron chi connectivity index (χ2n) is 4.00. The summed E-state index contributed by atoms with van der Waals surface area (Å²) in [5.74, 6) is 0. The van der Waals surface area contributed by atoms with Crippen LogP contribution in [0.5, 0.6) is 0 Å². The van der Waals surface area contributed by atoms with Crippen LogP contribution in [0.15, 0.2) is 48.8 Å². The lowest BCUT2D eigenvalue weighted by atomic mass is 10.1. The van der Waals surface area contributed by atoms with E-state index in [-0.39, 0.29) is 0 Å². The van der Waals surface area contributed by atoms with Crippen LogP contribution in [0.3, 0.4) is 0 Å². The highest BCUT2D eigenvalue weighted by Gasteiger charge is 2.08. The van der Waals surface area contributed by atoms with E-state index in [1.807, 2.05) is 0 Å². The topological polar surface area (TPSA) is 3.88 Å². The molecule has 1 aromatic heterocycles. The predicted octanol–water partition coefficient (Wildman–Crippen LogP) is 3.09. The van der Waals surface area contributed by atoms with Gasteiger partial charge in [-0.25, -0.2) is 0 Å². The van der Waals surface area contributed by atoms with Gasteiger partial charge in [-0.3, -0.25) is 0 Å². The summed E-state index contributed by atoms with van der Waals surface area (Å²) < 4.78 is 2.22. The van der Waals surface area contributed by atoms with Crippen LogP contribution in [0.4, 0.5) is 0 Å². The van der Waals surface area contributed by atoms with Crippen molar-refractivity contribution >= 4 is 0 Å². The van der Waals surface area contributed by atoms with E-state index in [9.17, 15) is 0 Å². The molecule has 0 radical (unpaired) electrons. The molecule has 0 bridgehead atoms. The molecular weight excluding hydrogens is 194 g/mol. The van der Waals surface area contributed by atoms with Gasteiger partial charge in [0.2, 0.25) is 5.69 Å². The molecule has 0 spiro atoms. The van der Waals surface area contributed by atoms with Gasteiger partial charge in [0.1, 0.15) is 0 Å². The van der Waals surface area contributed by atoms with Gasteiger partial charge in [-0.2, -0.15) is 4.57 Å². The standard InChI is InChI=1S/C15H18N/c1-3-13-10-14(4-2)12-16(11-13)15-8-6-5-7-9-15/h5-12H,3-4H2,1-2H3/q+1. The summed E-state index contributed by atoms with van der Waals surface area (Å²) >= 11 is 0. The van der Waals surface area contributed by atoms with E-state index in [2.05, 4.69) is 67.2 Å². The first kappa shape index (κ1) is 10.9. The number of hydrogen-bond acceptors (Lipinski definition) is 0. The maximum absolute atomic E-state index is 2.29. The van der Waals surface area contributed by atoms with Gasteiger partial charge in [-0.15, -0.1) is 0 Å². The van der Waals surface area contributed by atoms with E-state index in [1.54, 1.807) is 0 Å². The highest BCUT2D eigenvalue weighted by atomic mass is 14.9. The molecule has 1 heteroatoms. The van der Waals surface area contributed by atoms with Crippen molar-refractivity contribution in [1.29, 1.82) is 0 Å². The Morgan fingerprint density at radius 2 is 1.44 bits per heavy atom. The van der Waals surface area contributed by atoms with Crippen LogP contribution in [-0.2, 0) is 12.8 Å². The van der Waals surface area contributed by atoms with Gasteiger partial charge in [-0.1, -0.05) is 32.0 Å². The van der Waals surface area contributed by atoms with E-state index in [4.69, 9.17) is 0 Å². The molecule has 1 nitrogen and oxygen atoms in total. The fraction of sp³-hybridized carbons (Fsp3) is 0.267. The Kier molecular flexibility index (Phi) is 3.35. The molecule has 0 saturated carbocycles. The molecule has 2 aromatic rings. The van der Waals surface area contributed by atoms with Crippen LogP contribution in [0.2, 0.25) is 0 Å². The van der Waals surface area contributed by atoms with Crippen molar-refractivity contribution < 1.29 is 4.57 Å². The van der Waals surface area contributed by atoms with Crippen molar-refractivity contribution in [2.45, 2.75) is 26.7 Å². The van der Waals surface area contributed by atoms with Crippen LogP contribution in [0, 0.1) is 0 Å². The summed E-state index contributed by atoms with van der Waals surface area (Å²) in [5.41, 5.74) is 4.01. The summed E-state index contributed by atoms with van der Waals surface area (Å²) in [6.45, 7) is 4.40. The number of pyridine rings is 1. The molecule has 0 unspecified atom stereocenters. The van der Waals surface area contributed by atoms with Gasteiger partial charge in [0.05, 0.1) is 0 Å². The zero-order valence-electron chi connectivity index (χ0n) is 9.98. The van der Waals surface area contributed by atoms with Crippen molar-refractivity contribution in [1.82, 2.24) is 0 Å². The first-order valence-corrected chi connectivity index (χ1v) is 5.93. The summed E-state index contributed by atoms with van der Waals surface area (Å²) in [6.07, 6.45) is 6.60. The number of rotatable bonds is 3. The lowest BCUT2D eigenvalue weighted by Gasteiger charge is -2.01. The fourth-order valence-electron chi connectivity index (χ4n) is 1.84. The van der Waals surface area contributed by atoms with E-state index in [0.717, 1.165) is 12.8 Å². The number of aryl methyl sites for hydroxylation is 2. The van der Waals surface area contributed by atoms with Crippen molar-refractivity contribution in [2.24, 2.45) is 0 Å². The SMILES string of the molecule is CCc1cc(CC)c[n+](-c2ccccc2)c1. The Hall–Kier alpha value is -1.63. The van der Waals surface area contributed by atoms with Crippen LogP contribution < -0.4 is 4.57 Å². The summed E-state index contributed by atoms with van der Waals surface area (Å²) in [4.78, 5) is 0. The lowest BCUT2D eigenvalue weighted by molar-refractivity contribution is -0.596. The van der Waals surface area contributed by atoms with Crippen molar-refractivity contribution in [3.05, 3.63) is 59.9 Å². The summed E-state index contributed by atoms with van der Waals surface area (Å²) in [6, 6.07) is 12.8. The molecule has 0 aliphatic heterocycles. The van der Waals surface area contributed by atoms with E-state index in [0.29, 0.717) is 0 Å². The first-order chi connectivity index (χ1) is 7.83. The van der Waals surface area contributed by atoms with Crippen LogP contribution in [0.25, 0.3) is 5.69 Å². The number of nitrogens with zero attached hydrogens (tertiary/aromatic N) is 1. The molecule has 1 aromatic carbocycles. The molecule has 0 atom stereocenters. The molecule has 0 aliphatic carbocycles. The van der Waals surface area contributed by atoms with Gasteiger partial charge < -0.3 is 0 Å². The van der Waals surface area contributed by atoms with Crippen LogP contribution in [0.1, 0.15) is 25.0 Å². The van der Waals surface area contributed by atoms with Gasteiger partial charge in [0.15, 0.2) is 12.4 Å². The highest BCUT2D eigenvalue weighted by molar-refractivity contribution is 5.23. The first-order valence-electron chi connectivity index (χ1n) is 5.93. The quantitative estimate of drug-likeness (QED) is 0.688. The Labute approximate surface area is 97.4 Å². The third-order valence-corrected chi connectivity index (χ3v) is 2.85. The molecule has 0 amide bonds. The van der Waals surface area contributed by atoms with Crippen molar-refractivity contribution in [3.63, 3.8) is 0 Å². The molecule has 0 aliphatic rings. The normalized spacial score (nSPS) is 10.4. The highest BCUT2D eigenvalue weighted by Crippen LogP contribution is 2.06. The van der Waals surface area contributed by atoms with Gasteiger partial charge in [0.25, 0.3) is 0 Å². The third-order valence-electron chi connectivity index (χ3n) is 2.85. The molecule has 2 rings (SSSR count). The average Bonchev–Trinajstić information content (AvgIpc) is 2.39. The maximum Gasteiger partial charge on any atom is 0.210 e. The Morgan fingerprint density at radius 3 is 1.94 bits per heavy atom. The van der Waals surface area contributed by atoms with Crippen molar-refractivity contribution in [2.75, 3.05) is 0 Å².